The normalized spacial score (nSPS) is 24.3. The van der Waals surface area contributed by atoms with E-state index in [0.29, 0.717) is 5.41 Å². The quantitative estimate of drug-likeness (QED) is 0.164. The molecule has 4 bridgehead atoms. The molecule has 0 unspecified atom stereocenters. The van der Waals surface area contributed by atoms with Crippen molar-refractivity contribution in [1.29, 1.82) is 0 Å². The van der Waals surface area contributed by atoms with Crippen molar-refractivity contribution in [2.75, 3.05) is 4.90 Å². The second kappa shape index (κ2) is 12.8. The lowest BCUT2D eigenvalue weighted by molar-refractivity contribution is -0.00518. The van der Waals surface area contributed by atoms with Crippen molar-refractivity contribution in [3.8, 4) is 11.1 Å². The second-order valence-electron chi connectivity index (χ2n) is 17.5. The van der Waals surface area contributed by atoms with Crippen molar-refractivity contribution in [2.45, 2.75) is 81.5 Å². The van der Waals surface area contributed by atoms with E-state index in [-0.39, 0.29) is 5.41 Å². The average Bonchev–Trinajstić information content (AvgIpc) is 3.60. The fourth-order valence-electron chi connectivity index (χ4n) is 12.3. The molecule has 5 fully saturated rings. The molecule has 0 spiro atoms. The van der Waals surface area contributed by atoms with Crippen molar-refractivity contribution < 1.29 is 4.42 Å². The third kappa shape index (κ3) is 5.28. The minimum absolute atomic E-state index is 0.0754. The molecule has 12 rings (SSSR count). The lowest BCUT2D eigenvalue weighted by Crippen LogP contribution is -2.48. The van der Waals surface area contributed by atoms with Gasteiger partial charge in [0.1, 0.15) is 11.2 Å². The van der Waals surface area contributed by atoms with Crippen molar-refractivity contribution in [1.82, 2.24) is 0 Å². The van der Waals surface area contributed by atoms with Gasteiger partial charge < -0.3 is 9.32 Å². The van der Waals surface area contributed by atoms with E-state index in [4.69, 9.17) is 4.42 Å². The minimum atomic E-state index is 0.0754. The van der Waals surface area contributed by atoms with Gasteiger partial charge in [-0.05, 0) is 145 Å². The zero-order valence-corrected chi connectivity index (χ0v) is 31.2. The van der Waals surface area contributed by atoms with Gasteiger partial charge in [-0.3, -0.25) is 0 Å². The molecule has 0 atom stereocenters. The first-order valence-corrected chi connectivity index (χ1v) is 20.7. The van der Waals surface area contributed by atoms with Gasteiger partial charge in [-0.1, -0.05) is 116 Å². The Morgan fingerprint density at radius 1 is 0.481 bits per heavy atom. The van der Waals surface area contributed by atoms with E-state index in [2.05, 4.69) is 150 Å². The Labute approximate surface area is 319 Å². The van der Waals surface area contributed by atoms with Crippen molar-refractivity contribution in [3.05, 3.63) is 162 Å². The molecule has 0 radical (unpaired) electrons. The van der Waals surface area contributed by atoms with Crippen LogP contribution in [0.5, 0.6) is 0 Å². The summed E-state index contributed by atoms with van der Waals surface area (Å²) in [6, 6.07) is 54.6. The Bertz CT molecular complexity index is 2400. The lowest BCUT2D eigenvalue weighted by atomic mass is 9.48. The van der Waals surface area contributed by atoms with E-state index >= 15 is 0 Å². The van der Waals surface area contributed by atoms with Gasteiger partial charge in [0.05, 0.1) is 0 Å². The van der Waals surface area contributed by atoms with Gasteiger partial charge in [0.25, 0.3) is 0 Å². The smallest absolute Gasteiger partial charge is 0.137 e. The van der Waals surface area contributed by atoms with Crippen molar-refractivity contribution >= 4 is 39.0 Å². The molecule has 5 saturated carbocycles. The highest BCUT2D eigenvalue weighted by atomic mass is 16.3. The largest absolute Gasteiger partial charge is 0.456 e. The molecule has 0 aliphatic heterocycles. The van der Waals surface area contributed by atoms with Crippen LogP contribution in [0.4, 0.5) is 17.1 Å². The van der Waals surface area contributed by atoms with E-state index in [1.165, 1.54) is 110 Å². The summed E-state index contributed by atoms with van der Waals surface area (Å²) >= 11 is 0. The van der Waals surface area contributed by atoms with Crippen LogP contribution < -0.4 is 4.90 Å². The molecule has 54 heavy (non-hydrogen) atoms. The Kier molecular flexibility index (Phi) is 7.65. The number of rotatable bonds is 7. The van der Waals surface area contributed by atoms with Crippen LogP contribution in [-0.2, 0) is 10.8 Å². The summed E-state index contributed by atoms with van der Waals surface area (Å²) < 4.78 is 6.67. The number of furan rings is 1. The molecule has 0 N–H and O–H groups in total. The highest BCUT2D eigenvalue weighted by Crippen LogP contribution is 2.61. The predicted octanol–water partition coefficient (Wildman–Crippen LogP) is 14.4. The molecule has 6 aromatic carbocycles. The van der Waals surface area contributed by atoms with Crippen LogP contribution in [0.25, 0.3) is 33.1 Å². The maximum atomic E-state index is 6.67. The molecule has 0 saturated heterocycles. The minimum Gasteiger partial charge on any atom is -0.456 e. The predicted molar refractivity (Wildman–Crippen MR) is 224 cm³/mol. The molecule has 5 aliphatic rings. The fraction of sp³-hybridized carbons (Fsp3) is 0.308. The zero-order chi connectivity index (χ0) is 35.7. The zero-order valence-electron chi connectivity index (χ0n) is 31.2. The molecule has 0 amide bonds. The van der Waals surface area contributed by atoms with Crippen LogP contribution in [-0.4, -0.2) is 0 Å². The number of benzene rings is 6. The molecule has 268 valence electrons. The Morgan fingerprint density at radius 3 is 1.70 bits per heavy atom. The molecular formula is C52H49NO. The molecule has 5 aliphatic carbocycles. The van der Waals surface area contributed by atoms with Crippen LogP contribution in [0, 0.1) is 17.8 Å². The third-order valence-corrected chi connectivity index (χ3v) is 14.3. The van der Waals surface area contributed by atoms with E-state index in [0.717, 1.165) is 40.0 Å². The van der Waals surface area contributed by atoms with Crippen LogP contribution in [0.3, 0.4) is 0 Å². The Morgan fingerprint density at radius 2 is 1.06 bits per heavy atom. The van der Waals surface area contributed by atoms with Crippen LogP contribution >= 0.6 is 0 Å². The maximum Gasteiger partial charge on any atom is 0.137 e. The van der Waals surface area contributed by atoms with Crippen molar-refractivity contribution in [2.24, 2.45) is 17.8 Å². The Hall–Kier alpha value is -5.08. The summed E-state index contributed by atoms with van der Waals surface area (Å²) in [4.78, 5) is 2.45. The van der Waals surface area contributed by atoms with E-state index in [1.54, 1.807) is 5.56 Å². The highest BCUT2D eigenvalue weighted by Gasteiger charge is 2.51. The molecule has 1 aromatic heterocycles. The summed E-state index contributed by atoms with van der Waals surface area (Å²) in [5.74, 6) is 2.81. The number of anilines is 3. The summed E-state index contributed by atoms with van der Waals surface area (Å²) in [5, 5.41) is 2.34. The molecular weight excluding hydrogens is 655 g/mol. The molecule has 2 nitrogen and oxygen atoms in total. The van der Waals surface area contributed by atoms with Crippen LogP contribution in [0.1, 0.15) is 87.3 Å². The van der Waals surface area contributed by atoms with Gasteiger partial charge in [-0.25, -0.2) is 0 Å². The topological polar surface area (TPSA) is 16.4 Å². The lowest BCUT2D eigenvalue weighted by Gasteiger charge is -2.57. The third-order valence-electron chi connectivity index (χ3n) is 14.3. The Balaban J connectivity index is 1.02. The van der Waals surface area contributed by atoms with Gasteiger partial charge in [0.15, 0.2) is 0 Å². The average molecular weight is 704 g/mol. The number of hydrogen-bond donors (Lipinski definition) is 0. The molecule has 7 aromatic rings. The summed E-state index contributed by atoms with van der Waals surface area (Å²) in [5.41, 5.74) is 12.7. The SMILES string of the molecule is c1ccc(-c2cccc3oc4cc(N(c5ccc(C67CC8CC(CC(C8)C6)C7)cc5)c5ccc(C6(c7ccccc7)CCCCC6)cc5)ccc4c23)cc1. The van der Waals surface area contributed by atoms with Gasteiger partial charge in [-0.2, -0.15) is 0 Å². The van der Waals surface area contributed by atoms with E-state index in [9.17, 15) is 0 Å². The summed E-state index contributed by atoms with van der Waals surface area (Å²) in [6.45, 7) is 0. The van der Waals surface area contributed by atoms with E-state index < -0.39 is 0 Å². The molecule has 1 heterocycles. The standard InChI is InChI=1S/C52H49NO/c1-4-11-39(12-5-1)46-15-10-16-48-50(46)47-26-25-45(32-49(47)54-48)53(43-21-17-40(18-22-43)51-33-36-29-37(34-51)31-38(30-36)35-51)44-23-19-42(20-24-44)52(27-8-3-9-28-52)41-13-6-2-7-14-41/h1-2,4-7,10-26,32,36-38H,3,8-9,27-31,33-35H2. The summed E-state index contributed by atoms with van der Waals surface area (Å²) in [6.07, 6.45) is 14.9. The number of fused-ring (bicyclic) bond motifs is 3. The summed E-state index contributed by atoms with van der Waals surface area (Å²) in [7, 11) is 0. The number of nitrogens with zero attached hydrogens (tertiary/aromatic N) is 1. The van der Waals surface area contributed by atoms with E-state index in [1.807, 2.05) is 0 Å². The maximum absolute atomic E-state index is 6.67. The van der Waals surface area contributed by atoms with Gasteiger partial charge in [0.2, 0.25) is 0 Å². The fourth-order valence-corrected chi connectivity index (χ4v) is 12.3. The van der Waals surface area contributed by atoms with Crippen LogP contribution in [0.2, 0.25) is 0 Å². The van der Waals surface area contributed by atoms with Crippen LogP contribution in [0.15, 0.2) is 150 Å². The number of hydrogen-bond acceptors (Lipinski definition) is 2. The monoisotopic (exact) mass is 703 g/mol. The van der Waals surface area contributed by atoms with Crippen molar-refractivity contribution in [3.63, 3.8) is 0 Å². The second-order valence-corrected chi connectivity index (χ2v) is 17.5. The highest BCUT2D eigenvalue weighted by molar-refractivity contribution is 6.13. The first-order chi connectivity index (χ1) is 26.6. The van der Waals surface area contributed by atoms with Gasteiger partial charge >= 0.3 is 0 Å². The van der Waals surface area contributed by atoms with Gasteiger partial charge in [-0.15, -0.1) is 0 Å². The first-order valence-electron chi connectivity index (χ1n) is 20.7. The first kappa shape index (κ1) is 32.4. The molecule has 2 heteroatoms. The van der Waals surface area contributed by atoms with Gasteiger partial charge in [0, 0.05) is 39.3 Å².